The molecule has 0 amide bonds. The fraction of sp³-hybridized carbons (Fsp3) is 0.389. The Hall–Kier alpha value is -1.91. The van der Waals surface area contributed by atoms with Crippen LogP contribution in [0.3, 0.4) is 0 Å². The third-order valence-electron chi connectivity index (χ3n) is 4.02. The molecule has 0 fully saturated rings. The van der Waals surface area contributed by atoms with Gasteiger partial charge in [0.1, 0.15) is 0 Å². The maximum Gasteiger partial charge on any atom is 0.255 e. The zero-order valence-corrected chi connectivity index (χ0v) is 13.8. The molecule has 0 atom stereocenters. The van der Waals surface area contributed by atoms with Gasteiger partial charge >= 0.3 is 0 Å². The van der Waals surface area contributed by atoms with Crippen molar-refractivity contribution in [2.45, 2.75) is 33.9 Å². The van der Waals surface area contributed by atoms with E-state index in [1.807, 2.05) is 6.92 Å². The Bertz CT molecular complexity index is 733. The Morgan fingerprint density at radius 3 is 2.50 bits per heavy atom. The molecule has 0 bridgehead atoms. The molecular weight excluding hydrogens is 276 g/mol. The van der Waals surface area contributed by atoms with Crippen LogP contribution < -0.4 is 11.3 Å². The standard InChI is InChI=1S/C18H24N2O2/c1-12-5-6-13(2)15(9-12)17-10-14(3)16(11-19)18(21)20(17)7-8-22-4/h5-6,9-10H,7-8,11,19H2,1-4H3. The Morgan fingerprint density at radius 2 is 1.86 bits per heavy atom. The molecule has 0 aliphatic heterocycles. The van der Waals surface area contributed by atoms with E-state index in [1.54, 1.807) is 11.7 Å². The van der Waals surface area contributed by atoms with Gasteiger partial charge in [-0.3, -0.25) is 4.79 Å². The van der Waals surface area contributed by atoms with Crippen LogP contribution in [0, 0.1) is 20.8 Å². The highest BCUT2D eigenvalue weighted by atomic mass is 16.5. The summed E-state index contributed by atoms with van der Waals surface area (Å²) in [7, 11) is 1.64. The van der Waals surface area contributed by atoms with E-state index in [1.165, 1.54) is 5.56 Å². The lowest BCUT2D eigenvalue weighted by atomic mass is 9.99. The van der Waals surface area contributed by atoms with Gasteiger partial charge in [0.15, 0.2) is 0 Å². The number of hydrogen-bond donors (Lipinski definition) is 1. The van der Waals surface area contributed by atoms with Crippen molar-refractivity contribution in [3.8, 4) is 11.3 Å². The molecule has 0 unspecified atom stereocenters. The summed E-state index contributed by atoms with van der Waals surface area (Å²) in [5.74, 6) is 0. The van der Waals surface area contributed by atoms with Crippen LogP contribution >= 0.6 is 0 Å². The lowest BCUT2D eigenvalue weighted by molar-refractivity contribution is 0.186. The molecule has 2 N–H and O–H groups in total. The molecule has 0 saturated heterocycles. The van der Waals surface area contributed by atoms with Crippen molar-refractivity contribution in [2.75, 3.05) is 13.7 Å². The van der Waals surface area contributed by atoms with E-state index in [9.17, 15) is 4.79 Å². The molecule has 118 valence electrons. The number of pyridine rings is 1. The number of aryl methyl sites for hydroxylation is 3. The molecule has 2 rings (SSSR count). The van der Waals surface area contributed by atoms with Crippen LogP contribution in [0.25, 0.3) is 11.3 Å². The molecule has 0 aliphatic carbocycles. The number of ether oxygens (including phenoxy) is 1. The monoisotopic (exact) mass is 300 g/mol. The highest BCUT2D eigenvalue weighted by molar-refractivity contribution is 5.66. The van der Waals surface area contributed by atoms with E-state index in [0.717, 1.165) is 22.4 Å². The molecule has 0 spiro atoms. The number of benzene rings is 1. The summed E-state index contributed by atoms with van der Waals surface area (Å²) in [4.78, 5) is 12.7. The van der Waals surface area contributed by atoms with Crippen LogP contribution in [-0.4, -0.2) is 18.3 Å². The van der Waals surface area contributed by atoms with E-state index < -0.39 is 0 Å². The number of nitrogens with zero attached hydrogens (tertiary/aromatic N) is 1. The van der Waals surface area contributed by atoms with E-state index >= 15 is 0 Å². The molecule has 1 aromatic carbocycles. The first-order valence-corrected chi connectivity index (χ1v) is 7.49. The van der Waals surface area contributed by atoms with Gasteiger partial charge in [0, 0.05) is 31.3 Å². The van der Waals surface area contributed by atoms with Gasteiger partial charge in [-0.25, -0.2) is 0 Å². The smallest absolute Gasteiger partial charge is 0.255 e. The number of hydrogen-bond acceptors (Lipinski definition) is 3. The normalized spacial score (nSPS) is 11.0. The highest BCUT2D eigenvalue weighted by Crippen LogP contribution is 2.25. The summed E-state index contributed by atoms with van der Waals surface area (Å²) in [5.41, 5.74) is 11.7. The van der Waals surface area contributed by atoms with E-state index in [-0.39, 0.29) is 12.1 Å². The summed E-state index contributed by atoms with van der Waals surface area (Å²) in [6, 6.07) is 8.34. The van der Waals surface area contributed by atoms with Crippen LogP contribution in [0.5, 0.6) is 0 Å². The highest BCUT2D eigenvalue weighted by Gasteiger charge is 2.14. The first kappa shape index (κ1) is 16.5. The molecule has 1 heterocycles. The van der Waals surface area contributed by atoms with E-state index in [4.69, 9.17) is 10.5 Å². The van der Waals surface area contributed by atoms with Crippen molar-refractivity contribution in [1.29, 1.82) is 0 Å². The summed E-state index contributed by atoms with van der Waals surface area (Å²) >= 11 is 0. The Morgan fingerprint density at radius 1 is 1.14 bits per heavy atom. The lowest BCUT2D eigenvalue weighted by Gasteiger charge is -2.18. The maximum absolute atomic E-state index is 12.7. The first-order chi connectivity index (χ1) is 10.5. The summed E-state index contributed by atoms with van der Waals surface area (Å²) < 4.78 is 6.94. The van der Waals surface area contributed by atoms with Crippen LogP contribution in [0.1, 0.15) is 22.3 Å². The predicted molar refractivity (Wildman–Crippen MR) is 90.1 cm³/mol. The fourth-order valence-corrected chi connectivity index (χ4v) is 2.70. The van der Waals surface area contributed by atoms with E-state index in [0.29, 0.717) is 18.7 Å². The van der Waals surface area contributed by atoms with Crippen molar-refractivity contribution in [3.63, 3.8) is 0 Å². The molecular formula is C18H24N2O2. The van der Waals surface area contributed by atoms with Gasteiger partial charge in [0.05, 0.1) is 12.3 Å². The van der Waals surface area contributed by atoms with E-state index in [2.05, 4.69) is 38.1 Å². The minimum Gasteiger partial charge on any atom is -0.383 e. The summed E-state index contributed by atoms with van der Waals surface area (Å²) in [5, 5.41) is 0. The quantitative estimate of drug-likeness (QED) is 0.923. The Balaban J connectivity index is 2.73. The van der Waals surface area contributed by atoms with Crippen LogP contribution in [0.4, 0.5) is 0 Å². The number of rotatable bonds is 5. The van der Waals surface area contributed by atoms with Crippen molar-refractivity contribution in [3.05, 3.63) is 56.9 Å². The van der Waals surface area contributed by atoms with Gasteiger partial charge in [-0.15, -0.1) is 0 Å². The van der Waals surface area contributed by atoms with Gasteiger partial charge in [-0.1, -0.05) is 17.7 Å². The molecule has 0 radical (unpaired) electrons. The third-order valence-corrected chi connectivity index (χ3v) is 4.02. The largest absolute Gasteiger partial charge is 0.383 e. The average molecular weight is 300 g/mol. The maximum atomic E-state index is 12.7. The lowest BCUT2D eigenvalue weighted by Crippen LogP contribution is -2.29. The SMILES string of the molecule is COCCn1c(-c2cc(C)ccc2C)cc(C)c(CN)c1=O. The second-order valence-electron chi connectivity index (χ2n) is 5.66. The van der Waals surface area contributed by atoms with Gasteiger partial charge in [-0.2, -0.15) is 0 Å². The second-order valence-corrected chi connectivity index (χ2v) is 5.66. The zero-order valence-electron chi connectivity index (χ0n) is 13.8. The zero-order chi connectivity index (χ0) is 16.3. The third kappa shape index (κ3) is 3.13. The van der Waals surface area contributed by atoms with Gasteiger partial charge in [0.25, 0.3) is 5.56 Å². The number of methoxy groups -OCH3 is 1. The molecule has 1 aromatic heterocycles. The van der Waals surface area contributed by atoms with Gasteiger partial charge < -0.3 is 15.0 Å². The Kier molecular flexibility index (Phi) is 5.16. The summed E-state index contributed by atoms with van der Waals surface area (Å²) in [6.45, 7) is 7.33. The minimum absolute atomic E-state index is 0.0181. The molecule has 4 heteroatoms. The van der Waals surface area contributed by atoms with Crippen molar-refractivity contribution < 1.29 is 4.74 Å². The molecule has 4 nitrogen and oxygen atoms in total. The van der Waals surface area contributed by atoms with Gasteiger partial charge in [-0.05, 0) is 44.0 Å². The molecule has 0 aliphatic rings. The molecule has 22 heavy (non-hydrogen) atoms. The Labute approximate surface area is 131 Å². The first-order valence-electron chi connectivity index (χ1n) is 7.49. The van der Waals surface area contributed by atoms with Crippen LogP contribution in [-0.2, 0) is 17.8 Å². The van der Waals surface area contributed by atoms with Crippen molar-refractivity contribution >= 4 is 0 Å². The number of nitrogens with two attached hydrogens (primary N) is 1. The molecule has 2 aromatic rings. The predicted octanol–water partition coefficient (Wildman–Crippen LogP) is 2.55. The van der Waals surface area contributed by atoms with Crippen LogP contribution in [0.2, 0.25) is 0 Å². The van der Waals surface area contributed by atoms with Crippen molar-refractivity contribution in [2.24, 2.45) is 5.73 Å². The van der Waals surface area contributed by atoms with Crippen LogP contribution in [0.15, 0.2) is 29.1 Å². The molecule has 0 saturated carbocycles. The topological polar surface area (TPSA) is 57.2 Å². The average Bonchev–Trinajstić information content (AvgIpc) is 2.49. The number of aromatic nitrogens is 1. The summed E-state index contributed by atoms with van der Waals surface area (Å²) in [6.07, 6.45) is 0. The van der Waals surface area contributed by atoms with Crippen molar-refractivity contribution in [1.82, 2.24) is 4.57 Å². The second kappa shape index (κ2) is 6.90. The van der Waals surface area contributed by atoms with Gasteiger partial charge in [0.2, 0.25) is 0 Å². The fourth-order valence-electron chi connectivity index (χ4n) is 2.70. The minimum atomic E-state index is -0.0181.